The number of rotatable bonds is 7. The highest BCUT2D eigenvalue weighted by Crippen LogP contribution is 2.37. The third kappa shape index (κ3) is 4.34. The van der Waals surface area contributed by atoms with Gasteiger partial charge < -0.3 is 14.8 Å². The minimum absolute atomic E-state index is 0.719. The van der Waals surface area contributed by atoms with E-state index in [9.17, 15) is 0 Å². The van der Waals surface area contributed by atoms with Gasteiger partial charge in [0.1, 0.15) is 22.3 Å². The van der Waals surface area contributed by atoms with Crippen molar-refractivity contribution in [2.45, 2.75) is 38.8 Å². The highest BCUT2D eigenvalue weighted by atomic mass is 32.1. The summed E-state index contributed by atoms with van der Waals surface area (Å²) in [4.78, 5) is 17.7. The zero-order valence-corrected chi connectivity index (χ0v) is 19.0. The van der Waals surface area contributed by atoms with Gasteiger partial charge >= 0.3 is 0 Å². The largest absolute Gasteiger partial charge is 0.369 e. The lowest BCUT2D eigenvalue weighted by molar-refractivity contribution is 0.391. The summed E-state index contributed by atoms with van der Waals surface area (Å²) < 4.78 is 2.32. The third-order valence-corrected chi connectivity index (χ3v) is 6.53. The van der Waals surface area contributed by atoms with E-state index in [4.69, 9.17) is 15.0 Å². The summed E-state index contributed by atoms with van der Waals surface area (Å²) in [6.07, 6.45) is 6.73. The van der Waals surface area contributed by atoms with Gasteiger partial charge in [-0.25, -0.2) is 15.0 Å². The van der Waals surface area contributed by atoms with Gasteiger partial charge in [0, 0.05) is 43.1 Å². The van der Waals surface area contributed by atoms with Crippen LogP contribution in [0.4, 0.5) is 5.82 Å². The lowest BCUT2D eigenvalue weighted by Gasteiger charge is -2.12. The Labute approximate surface area is 187 Å². The van der Waals surface area contributed by atoms with Crippen LogP contribution in [0.5, 0.6) is 0 Å². The van der Waals surface area contributed by atoms with Crippen molar-refractivity contribution in [1.82, 2.24) is 24.4 Å². The molecule has 0 saturated heterocycles. The first-order valence-corrected chi connectivity index (χ1v) is 11.8. The van der Waals surface area contributed by atoms with E-state index >= 15 is 0 Å². The van der Waals surface area contributed by atoms with Crippen LogP contribution in [0.3, 0.4) is 0 Å². The molecule has 6 nitrogen and oxygen atoms in total. The number of nitrogens with zero attached hydrogens (tertiary/aromatic N) is 5. The van der Waals surface area contributed by atoms with E-state index < -0.39 is 0 Å². The fraction of sp³-hybridized carbons (Fsp3) is 0.375. The Morgan fingerprint density at radius 1 is 1.10 bits per heavy atom. The van der Waals surface area contributed by atoms with Gasteiger partial charge in [-0.15, -0.1) is 11.3 Å². The summed E-state index contributed by atoms with van der Waals surface area (Å²) in [6, 6.07) is 10.5. The molecule has 0 radical (unpaired) electrons. The number of aromatic nitrogens is 4. The maximum absolute atomic E-state index is 4.91. The molecule has 0 spiro atoms. The Morgan fingerprint density at radius 2 is 1.97 bits per heavy atom. The minimum atomic E-state index is 0.719. The molecule has 0 unspecified atom stereocenters. The van der Waals surface area contributed by atoms with Crippen LogP contribution in [0.25, 0.3) is 21.3 Å². The Hall–Kier alpha value is -2.77. The lowest BCUT2D eigenvalue weighted by Crippen LogP contribution is -2.15. The van der Waals surface area contributed by atoms with Crippen LogP contribution >= 0.6 is 11.3 Å². The van der Waals surface area contributed by atoms with Crippen molar-refractivity contribution in [1.29, 1.82) is 0 Å². The van der Waals surface area contributed by atoms with Crippen LogP contribution in [0, 0.1) is 0 Å². The molecule has 4 heterocycles. The molecule has 31 heavy (non-hydrogen) atoms. The van der Waals surface area contributed by atoms with Gasteiger partial charge in [0.2, 0.25) is 0 Å². The molecule has 0 amide bonds. The second kappa shape index (κ2) is 8.77. The summed E-state index contributed by atoms with van der Waals surface area (Å²) in [5, 5.41) is 6.93. The van der Waals surface area contributed by atoms with Crippen LogP contribution in [0.1, 0.15) is 30.2 Å². The van der Waals surface area contributed by atoms with Gasteiger partial charge in [-0.1, -0.05) is 30.3 Å². The second-order valence-corrected chi connectivity index (χ2v) is 9.26. The van der Waals surface area contributed by atoms with Crippen LogP contribution in [-0.2, 0) is 25.9 Å². The predicted molar refractivity (Wildman–Crippen MR) is 128 cm³/mol. The first kappa shape index (κ1) is 20.2. The molecular formula is C24H28N6S. The first-order valence-electron chi connectivity index (χ1n) is 10.9. The summed E-state index contributed by atoms with van der Waals surface area (Å²) in [5.41, 5.74) is 3.55. The average molecular weight is 433 g/mol. The van der Waals surface area contributed by atoms with Gasteiger partial charge in [0.15, 0.2) is 0 Å². The van der Waals surface area contributed by atoms with Crippen molar-refractivity contribution in [3.8, 4) is 11.1 Å². The zero-order chi connectivity index (χ0) is 21.2. The summed E-state index contributed by atoms with van der Waals surface area (Å²) in [6.45, 7) is 2.62. The van der Waals surface area contributed by atoms with E-state index in [-0.39, 0.29) is 0 Å². The topological polar surface area (TPSA) is 58.9 Å². The summed E-state index contributed by atoms with van der Waals surface area (Å²) in [7, 11) is 4.09. The molecule has 7 heteroatoms. The molecule has 0 aliphatic carbocycles. The fourth-order valence-electron chi connectivity index (χ4n) is 4.20. The van der Waals surface area contributed by atoms with Crippen LogP contribution in [-0.4, -0.2) is 45.1 Å². The van der Waals surface area contributed by atoms with Crippen molar-refractivity contribution in [3.05, 3.63) is 59.3 Å². The van der Waals surface area contributed by atoms with Gasteiger partial charge in [-0.2, -0.15) is 0 Å². The van der Waals surface area contributed by atoms with Crippen LogP contribution in [0.2, 0.25) is 0 Å². The summed E-state index contributed by atoms with van der Waals surface area (Å²) in [5.74, 6) is 3.01. The van der Waals surface area contributed by atoms with Gasteiger partial charge in [0.25, 0.3) is 0 Å². The van der Waals surface area contributed by atoms with E-state index in [0.717, 1.165) is 60.0 Å². The van der Waals surface area contributed by atoms with Crippen molar-refractivity contribution in [3.63, 3.8) is 0 Å². The second-order valence-electron chi connectivity index (χ2n) is 8.40. The molecule has 1 aliphatic heterocycles. The van der Waals surface area contributed by atoms with E-state index in [1.165, 1.54) is 29.8 Å². The number of hydrogen-bond donors (Lipinski definition) is 1. The standard InChI is InChI=1S/C24H28N6S/c1-29(2)15-20-27-23(25-12-11-18-14-30-13-7-6-10-21(30)26-18)22-19(16-31-24(22)28-20)17-8-4-3-5-9-17/h3-5,8-9,14,16H,6-7,10-13,15H2,1-2H3,(H,25,27,28). The minimum Gasteiger partial charge on any atom is -0.369 e. The zero-order valence-electron chi connectivity index (χ0n) is 18.1. The van der Waals surface area contributed by atoms with Crippen molar-refractivity contribution in [2.24, 2.45) is 0 Å². The van der Waals surface area contributed by atoms with E-state index in [1.807, 2.05) is 20.2 Å². The Bertz CT molecular complexity index is 1150. The molecule has 0 bridgehead atoms. The maximum atomic E-state index is 4.91. The molecule has 0 fully saturated rings. The molecule has 4 aromatic rings. The highest BCUT2D eigenvalue weighted by molar-refractivity contribution is 7.17. The summed E-state index contributed by atoms with van der Waals surface area (Å²) >= 11 is 1.69. The van der Waals surface area contributed by atoms with Crippen LogP contribution < -0.4 is 5.32 Å². The quantitative estimate of drug-likeness (QED) is 0.462. The van der Waals surface area contributed by atoms with Crippen molar-refractivity contribution >= 4 is 27.4 Å². The Balaban J connectivity index is 1.43. The average Bonchev–Trinajstić information content (AvgIpc) is 3.37. The highest BCUT2D eigenvalue weighted by Gasteiger charge is 2.16. The molecule has 0 saturated carbocycles. The van der Waals surface area contributed by atoms with E-state index in [1.54, 1.807) is 11.3 Å². The molecule has 1 aliphatic rings. The molecular weight excluding hydrogens is 404 g/mol. The van der Waals surface area contributed by atoms with Gasteiger partial charge in [-0.05, 0) is 32.5 Å². The Morgan fingerprint density at radius 3 is 2.77 bits per heavy atom. The monoisotopic (exact) mass is 432 g/mol. The number of fused-ring (bicyclic) bond motifs is 2. The normalized spacial score (nSPS) is 13.6. The third-order valence-electron chi connectivity index (χ3n) is 5.65. The van der Waals surface area contributed by atoms with Crippen molar-refractivity contribution < 1.29 is 0 Å². The Kier molecular flexibility index (Phi) is 5.70. The SMILES string of the molecule is CN(C)Cc1nc(NCCc2cn3c(n2)CCCC3)c2c(-c3ccccc3)csc2n1. The fourth-order valence-corrected chi connectivity index (χ4v) is 5.16. The van der Waals surface area contributed by atoms with Crippen molar-refractivity contribution in [2.75, 3.05) is 26.0 Å². The van der Waals surface area contributed by atoms with Gasteiger partial charge in [0.05, 0.1) is 17.6 Å². The van der Waals surface area contributed by atoms with E-state index in [0.29, 0.717) is 0 Å². The lowest BCUT2D eigenvalue weighted by atomic mass is 10.1. The molecule has 1 aromatic carbocycles. The number of nitrogens with one attached hydrogen (secondary N) is 1. The smallest absolute Gasteiger partial charge is 0.146 e. The number of hydrogen-bond acceptors (Lipinski definition) is 6. The molecule has 3 aromatic heterocycles. The molecule has 5 rings (SSSR count). The molecule has 0 atom stereocenters. The number of benzene rings is 1. The number of aryl methyl sites for hydroxylation is 2. The van der Waals surface area contributed by atoms with Gasteiger partial charge in [-0.3, -0.25) is 0 Å². The maximum Gasteiger partial charge on any atom is 0.146 e. The number of thiophene rings is 1. The van der Waals surface area contributed by atoms with E-state index in [2.05, 4.69) is 50.6 Å². The number of anilines is 1. The predicted octanol–water partition coefficient (Wildman–Crippen LogP) is 4.61. The molecule has 1 N–H and O–H groups in total. The molecule has 160 valence electrons. The first-order chi connectivity index (χ1) is 15.2. The van der Waals surface area contributed by atoms with Crippen LogP contribution in [0.15, 0.2) is 41.9 Å². The number of imidazole rings is 1.